The first kappa shape index (κ1) is 16.2. The molecule has 1 aliphatic rings. The molecule has 1 aromatic carbocycles. The van der Waals surface area contributed by atoms with Gasteiger partial charge in [0, 0.05) is 0 Å². The Morgan fingerprint density at radius 2 is 1.63 bits per heavy atom. The third-order valence-corrected chi connectivity index (χ3v) is 3.70. The van der Waals surface area contributed by atoms with Crippen LogP contribution in [0.3, 0.4) is 0 Å². The molecule has 0 spiro atoms. The fourth-order valence-corrected chi connectivity index (χ4v) is 2.02. The fraction of sp³-hybridized carbons (Fsp3) is 0.667. The predicted molar refractivity (Wildman–Crippen MR) is 83.2 cm³/mol. The van der Waals surface area contributed by atoms with E-state index in [0.717, 1.165) is 12.5 Å². The summed E-state index contributed by atoms with van der Waals surface area (Å²) in [4.78, 5) is 0. The summed E-state index contributed by atoms with van der Waals surface area (Å²) in [5.74, 6) is 0.884. The number of rotatable bonds is 4. The SMILES string of the molecule is CCC(C)C.c1ccc(COC2CCCCC2)cc1. The number of hydrogen-bond donors (Lipinski definition) is 0. The predicted octanol–water partition coefficient (Wildman–Crippen LogP) is 5.59. The molecule has 1 aromatic rings. The minimum atomic E-state index is 0.518. The van der Waals surface area contributed by atoms with Crippen molar-refractivity contribution in [2.45, 2.75) is 72.0 Å². The highest BCUT2D eigenvalue weighted by Crippen LogP contribution is 2.21. The van der Waals surface area contributed by atoms with Gasteiger partial charge in [-0.1, -0.05) is 76.8 Å². The van der Waals surface area contributed by atoms with Crippen molar-refractivity contribution in [3.63, 3.8) is 0 Å². The van der Waals surface area contributed by atoms with E-state index in [9.17, 15) is 0 Å². The van der Waals surface area contributed by atoms with Crippen molar-refractivity contribution in [1.29, 1.82) is 0 Å². The minimum Gasteiger partial charge on any atom is -0.374 e. The van der Waals surface area contributed by atoms with E-state index < -0.39 is 0 Å². The van der Waals surface area contributed by atoms with Crippen molar-refractivity contribution in [1.82, 2.24) is 0 Å². The molecular formula is C18H30O. The highest BCUT2D eigenvalue weighted by atomic mass is 16.5. The van der Waals surface area contributed by atoms with Gasteiger partial charge in [-0.05, 0) is 24.3 Å². The van der Waals surface area contributed by atoms with E-state index in [0.29, 0.717) is 6.10 Å². The summed E-state index contributed by atoms with van der Waals surface area (Å²) in [5, 5.41) is 0. The molecule has 1 aliphatic carbocycles. The van der Waals surface area contributed by atoms with E-state index in [-0.39, 0.29) is 0 Å². The van der Waals surface area contributed by atoms with Crippen LogP contribution in [-0.2, 0) is 11.3 Å². The summed E-state index contributed by atoms with van der Waals surface area (Å²) in [7, 11) is 0. The van der Waals surface area contributed by atoms with Crippen LogP contribution in [0.5, 0.6) is 0 Å². The second-order valence-corrected chi connectivity index (χ2v) is 5.86. The maximum absolute atomic E-state index is 5.87. The standard InChI is InChI=1S/C13H18O.C5H12/c1-3-7-12(8-4-1)11-14-13-9-5-2-6-10-13;1-4-5(2)3/h1,3-4,7-8,13H,2,5-6,9-11H2;5H,4H2,1-3H3. The number of benzene rings is 1. The molecule has 1 saturated carbocycles. The van der Waals surface area contributed by atoms with Crippen molar-refractivity contribution in [3.8, 4) is 0 Å². The van der Waals surface area contributed by atoms with E-state index in [1.165, 1.54) is 44.1 Å². The van der Waals surface area contributed by atoms with Gasteiger partial charge in [-0.3, -0.25) is 0 Å². The Labute approximate surface area is 119 Å². The van der Waals surface area contributed by atoms with Gasteiger partial charge in [0.2, 0.25) is 0 Å². The molecule has 0 atom stereocenters. The Bertz CT molecular complexity index is 299. The Kier molecular flexibility index (Phi) is 8.57. The molecular weight excluding hydrogens is 232 g/mol. The van der Waals surface area contributed by atoms with Gasteiger partial charge in [0.25, 0.3) is 0 Å². The van der Waals surface area contributed by atoms with Gasteiger partial charge in [0.15, 0.2) is 0 Å². The third kappa shape index (κ3) is 8.05. The average Bonchev–Trinajstić information content (AvgIpc) is 2.48. The van der Waals surface area contributed by atoms with Crippen molar-refractivity contribution >= 4 is 0 Å². The lowest BCUT2D eigenvalue weighted by molar-refractivity contribution is 0.0169. The van der Waals surface area contributed by atoms with Crippen LogP contribution in [0.25, 0.3) is 0 Å². The zero-order chi connectivity index (χ0) is 13.9. The molecule has 0 aliphatic heterocycles. The molecule has 1 nitrogen and oxygen atoms in total. The van der Waals surface area contributed by atoms with Crippen molar-refractivity contribution in [2.75, 3.05) is 0 Å². The molecule has 19 heavy (non-hydrogen) atoms. The molecule has 0 heterocycles. The van der Waals surface area contributed by atoms with Crippen LogP contribution in [-0.4, -0.2) is 6.10 Å². The summed E-state index contributed by atoms with van der Waals surface area (Å²) < 4.78 is 5.87. The second kappa shape index (κ2) is 10.0. The first-order valence-electron chi connectivity index (χ1n) is 7.88. The van der Waals surface area contributed by atoms with Crippen LogP contribution in [0.4, 0.5) is 0 Å². The van der Waals surface area contributed by atoms with Gasteiger partial charge in [0.05, 0.1) is 12.7 Å². The van der Waals surface area contributed by atoms with E-state index in [4.69, 9.17) is 4.74 Å². The average molecular weight is 262 g/mol. The van der Waals surface area contributed by atoms with E-state index >= 15 is 0 Å². The van der Waals surface area contributed by atoms with E-state index in [1.54, 1.807) is 0 Å². The fourth-order valence-electron chi connectivity index (χ4n) is 2.02. The summed E-state index contributed by atoms with van der Waals surface area (Å²) in [6, 6.07) is 10.4. The summed E-state index contributed by atoms with van der Waals surface area (Å²) in [5.41, 5.74) is 1.29. The second-order valence-electron chi connectivity index (χ2n) is 5.86. The van der Waals surface area contributed by atoms with Gasteiger partial charge in [-0.15, -0.1) is 0 Å². The molecule has 0 radical (unpaired) electrons. The van der Waals surface area contributed by atoms with Crippen LogP contribution in [0.2, 0.25) is 0 Å². The first-order chi connectivity index (χ1) is 9.22. The zero-order valence-electron chi connectivity index (χ0n) is 12.9. The van der Waals surface area contributed by atoms with Crippen LogP contribution in [0.15, 0.2) is 30.3 Å². The lowest BCUT2D eigenvalue weighted by atomic mass is 9.98. The number of hydrogen-bond acceptors (Lipinski definition) is 1. The van der Waals surface area contributed by atoms with Crippen molar-refractivity contribution in [3.05, 3.63) is 35.9 Å². The molecule has 0 bridgehead atoms. The lowest BCUT2D eigenvalue weighted by Gasteiger charge is -2.21. The maximum atomic E-state index is 5.87. The molecule has 1 fully saturated rings. The van der Waals surface area contributed by atoms with E-state index in [2.05, 4.69) is 45.0 Å². The topological polar surface area (TPSA) is 9.23 Å². The van der Waals surface area contributed by atoms with Crippen molar-refractivity contribution < 1.29 is 4.74 Å². The van der Waals surface area contributed by atoms with Gasteiger partial charge in [-0.2, -0.15) is 0 Å². The van der Waals surface area contributed by atoms with Gasteiger partial charge >= 0.3 is 0 Å². The smallest absolute Gasteiger partial charge is 0.0720 e. The van der Waals surface area contributed by atoms with Crippen molar-refractivity contribution in [2.24, 2.45) is 5.92 Å². The van der Waals surface area contributed by atoms with E-state index in [1.807, 2.05) is 6.07 Å². The maximum Gasteiger partial charge on any atom is 0.0720 e. The molecule has 2 rings (SSSR count). The van der Waals surface area contributed by atoms with Crippen LogP contribution in [0.1, 0.15) is 64.9 Å². The largest absolute Gasteiger partial charge is 0.374 e. The quantitative estimate of drug-likeness (QED) is 0.687. The molecule has 0 aromatic heterocycles. The molecule has 0 unspecified atom stereocenters. The third-order valence-electron chi connectivity index (χ3n) is 3.70. The normalized spacial score (nSPS) is 16.0. The summed E-state index contributed by atoms with van der Waals surface area (Å²) >= 11 is 0. The lowest BCUT2D eigenvalue weighted by Crippen LogP contribution is -2.16. The van der Waals surface area contributed by atoms with Crippen LogP contribution < -0.4 is 0 Å². The Morgan fingerprint density at radius 3 is 2.16 bits per heavy atom. The highest BCUT2D eigenvalue weighted by molar-refractivity contribution is 5.13. The summed E-state index contributed by atoms with van der Waals surface area (Å²) in [6.07, 6.45) is 8.42. The Hall–Kier alpha value is -0.820. The highest BCUT2D eigenvalue weighted by Gasteiger charge is 2.13. The Morgan fingerprint density at radius 1 is 1.05 bits per heavy atom. The zero-order valence-corrected chi connectivity index (χ0v) is 12.9. The summed E-state index contributed by atoms with van der Waals surface area (Å²) in [6.45, 7) is 7.43. The molecule has 0 amide bonds. The van der Waals surface area contributed by atoms with Crippen LogP contribution >= 0.6 is 0 Å². The van der Waals surface area contributed by atoms with Gasteiger partial charge in [-0.25, -0.2) is 0 Å². The molecule has 108 valence electrons. The Balaban J connectivity index is 0.000000312. The molecule has 0 saturated heterocycles. The van der Waals surface area contributed by atoms with Crippen LogP contribution in [0, 0.1) is 5.92 Å². The molecule has 0 N–H and O–H groups in total. The minimum absolute atomic E-state index is 0.518. The monoisotopic (exact) mass is 262 g/mol. The number of ether oxygens (including phenoxy) is 1. The molecule has 1 heteroatoms. The first-order valence-corrected chi connectivity index (χ1v) is 7.88. The van der Waals surface area contributed by atoms with Gasteiger partial charge in [0.1, 0.15) is 0 Å². The van der Waals surface area contributed by atoms with Gasteiger partial charge < -0.3 is 4.74 Å².